The number of hydrogen-bond donors (Lipinski definition) is 0. The van der Waals surface area contributed by atoms with E-state index in [9.17, 15) is 22.8 Å². The van der Waals surface area contributed by atoms with Crippen LogP contribution < -0.4 is 0 Å². The van der Waals surface area contributed by atoms with Crippen molar-refractivity contribution in [2.24, 2.45) is 0 Å². The zero-order chi connectivity index (χ0) is 21.3. The normalized spacial score (nSPS) is 16.0. The molecule has 0 N–H and O–H groups in total. The Balaban J connectivity index is 1.58. The van der Waals surface area contributed by atoms with Crippen LogP contribution in [0.1, 0.15) is 16.9 Å². The molecule has 1 aromatic heterocycles. The average molecular weight is 429 g/mol. The van der Waals surface area contributed by atoms with Gasteiger partial charge >= 0.3 is 6.18 Å². The van der Waals surface area contributed by atoms with Crippen LogP contribution in [0.5, 0.6) is 0 Å². The van der Waals surface area contributed by atoms with E-state index in [4.69, 9.17) is 4.42 Å². The summed E-state index contributed by atoms with van der Waals surface area (Å²) in [5, 5.41) is -0.413. The first kappa shape index (κ1) is 20.0. The van der Waals surface area contributed by atoms with E-state index in [0.29, 0.717) is 0 Å². The minimum Gasteiger partial charge on any atom is -0.457 e. The molecule has 1 saturated heterocycles. The van der Waals surface area contributed by atoms with E-state index >= 15 is 0 Å². The van der Waals surface area contributed by atoms with Gasteiger partial charge in [-0.05, 0) is 35.5 Å². The van der Waals surface area contributed by atoms with Crippen LogP contribution in [0.15, 0.2) is 76.1 Å². The number of amides is 2. The maximum Gasteiger partial charge on any atom is 0.417 e. The van der Waals surface area contributed by atoms with Crippen molar-refractivity contribution in [3.63, 3.8) is 0 Å². The van der Waals surface area contributed by atoms with Crippen molar-refractivity contribution in [2.75, 3.05) is 0 Å². The van der Waals surface area contributed by atoms with Crippen LogP contribution in [0.3, 0.4) is 0 Å². The molecule has 0 bridgehead atoms. The van der Waals surface area contributed by atoms with Crippen molar-refractivity contribution < 1.29 is 27.2 Å². The average Bonchev–Trinajstić information content (AvgIpc) is 3.29. The van der Waals surface area contributed by atoms with E-state index in [1.54, 1.807) is 0 Å². The van der Waals surface area contributed by atoms with Gasteiger partial charge in [-0.3, -0.25) is 14.5 Å². The van der Waals surface area contributed by atoms with E-state index in [2.05, 4.69) is 0 Å². The van der Waals surface area contributed by atoms with Gasteiger partial charge in [-0.2, -0.15) is 13.2 Å². The van der Waals surface area contributed by atoms with Gasteiger partial charge in [-0.25, -0.2) is 0 Å². The number of alkyl halides is 3. The van der Waals surface area contributed by atoms with Crippen LogP contribution in [0.25, 0.3) is 17.4 Å². The Hall–Kier alpha value is -3.26. The van der Waals surface area contributed by atoms with Gasteiger partial charge in [-0.15, -0.1) is 0 Å². The van der Waals surface area contributed by atoms with Crippen molar-refractivity contribution in [3.05, 3.63) is 88.5 Å². The number of carbonyl (C=O) groups is 2. The monoisotopic (exact) mass is 429 g/mol. The fourth-order valence-electron chi connectivity index (χ4n) is 3.05. The summed E-state index contributed by atoms with van der Waals surface area (Å²) in [6, 6.07) is 17.0. The number of imide groups is 1. The first-order valence-electron chi connectivity index (χ1n) is 8.88. The van der Waals surface area contributed by atoms with Crippen molar-refractivity contribution in [2.45, 2.75) is 12.7 Å². The Labute approximate surface area is 174 Å². The lowest BCUT2D eigenvalue weighted by atomic mass is 10.1. The molecule has 0 spiro atoms. The number of benzene rings is 2. The quantitative estimate of drug-likeness (QED) is 0.463. The second kappa shape index (κ2) is 7.87. The van der Waals surface area contributed by atoms with Gasteiger partial charge in [0.1, 0.15) is 11.5 Å². The lowest BCUT2D eigenvalue weighted by molar-refractivity contribution is -0.137. The Morgan fingerprint density at radius 2 is 1.63 bits per heavy atom. The molecule has 30 heavy (non-hydrogen) atoms. The molecule has 4 rings (SSSR count). The number of rotatable bonds is 4. The zero-order valence-corrected chi connectivity index (χ0v) is 16.2. The molecule has 4 nitrogen and oxygen atoms in total. The smallest absolute Gasteiger partial charge is 0.417 e. The second-order valence-corrected chi connectivity index (χ2v) is 7.49. The molecule has 1 fully saturated rings. The Morgan fingerprint density at radius 3 is 2.37 bits per heavy atom. The van der Waals surface area contributed by atoms with E-state index in [0.717, 1.165) is 28.3 Å². The first-order chi connectivity index (χ1) is 14.3. The molecular weight excluding hydrogens is 415 g/mol. The number of furan rings is 1. The third-order valence-electron chi connectivity index (χ3n) is 4.46. The lowest BCUT2D eigenvalue weighted by Crippen LogP contribution is -2.27. The second-order valence-electron chi connectivity index (χ2n) is 6.50. The summed E-state index contributed by atoms with van der Waals surface area (Å²) in [4.78, 5) is 26.1. The summed E-state index contributed by atoms with van der Waals surface area (Å²) >= 11 is 0.767. The van der Waals surface area contributed by atoms with E-state index in [1.165, 1.54) is 36.4 Å². The molecule has 0 atom stereocenters. The predicted octanol–water partition coefficient (Wildman–Crippen LogP) is 6.20. The van der Waals surface area contributed by atoms with Crippen LogP contribution in [0, 0.1) is 0 Å². The van der Waals surface area contributed by atoms with Crippen LogP contribution in [0.2, 0.25) is 0 Å². The SMILES string of the molecule is O=C1S/C(=C\c2ccc(-c3ccccc3C(F)(F)F)o2)C(=O)N1Cc1ccccc1. The maximum absolute atomic E-state index is 13.2. The number of hydrogen-bond acceptors (Lipinski definition) is 4. The van der Waals surface area contributed by atoms with Gasteiger partial charge < -0.3 is 4.42 Å². The summed E-state index contributed by atoms with van der Waals surface area (Å²) in [6.45, 7) is 0.144. The van der Waals surface area contributed by atoms with Crippen LogP contribution in [0.4, 0.5) is 18.0 Å². The highest BCUT2D eigenvalue weighted by Gasteiger charge is 2.36. The highest BCUT2D eigenvalue weighted by molar-refractivity contribution is 8.18. The molecule has 1 aliphatic rings. The van der Waals surface area contributed by atoms with Crippen LogP contribution >= 0.6 is 11.8 Å². The molecule has 3 aromatic rings. The van der Waals surface area contributed by atoms with E-state index in [1.807, 2.05) is 30.3 Å². The summed E-state index contributed by atoms with van der Waals surface area (Å²) in [6.07, 6.45) is -3.15. The molecule has 2 amide bonds. The van der Waals surface area contributed by atoms with Gasteiger partial charge in [0, 0.05) is 11.6 Å². The molecule has 2 heterocycles. The van der Waals surface area contributed by atoms with Gasteiger partial charge in [0.15, 0.2) is 0 Å². The minimum atomic E-state index is -4.52. The van der Waals surface area contributed by atoms with Crippen molar-refractivity contribution in [3.8, 4) is 11.3 Å². The largest absolute Gasteiger partial charge is 0.457 e. The summed E-state index contributed by atoms with van der Waals surface area (Å²) < 4.78 is 45.3. The van der Waals surface area contributed by atoms with Gasteiger partial charge in [0.05, 0.1) is 17.0 Å². The minimum absolute atomic E-state index is 0.0256. The fraction of sp³-hybridized carbons (Fsp3) is 0.0909. The van der Waals surface area contributed by atoms with Gasteiger partial charge in [0.2, 0.25) is 0 Å². The predicted molar refractivity (Wildman–Crippen MR) is 107 cm³/mol. The van der Waals surface area contributed by atoms with Gasteiger partial charge in [-0.1, -0.05) is 48.5 Å². The van der Waals surface area contributed by atoms with Gasteiger partial charge in [0.25, 0.3) is 11.1 Å². The standard InChI is InChI=1S/C22H14F3NO3S/c23-22(24,25)17-9-5-4-8-16(17)18-11-10-15(29-18)12-19-20(27)26(21(28)30-19)13-14-6-2-1-3-7-14/h1-12H,13H2/b19-12-. The van der Waals surface area contributed by atoms with Crippen molar-refractivity contribution in [1.29, 1.82) is 0 Å². The summed E-state index contributed by atoms with van der Waals surface area (Å²) in [5.41, 5.74) is -0.0963. The van der Waals surface area contributed by atoms with E-state index in [-0.39, 0.29) is 28.5 Å². The summed E-state index contributed by atoms with van der Waals surface area (Å²) in [5.74, 6) is -0.257. The van der Waals surface area contributed by atoms with E-state index < -0.39 is 22.9 Å². The highest BCUT2D eigenvalue weighted by atomic mass is 32.2. The highest BCUT2D eigenvalue weighted by Crippen LogP contribution is 2.38. The Kier molecular flexibility index (Phi) is 5.26. The number of nitrogens with zero attached hydrogens (tertiary/aromatic N) is 1. The molecular formula is C22H14F3NO3S. The molecule has 152 valence electrons. The Bertz CT molecular complexity index is 1140. The third-order valence-corrected chi connectivity index (χ3v) is 5.36. The number of thioether (sulfide) groups is 1. The van der Waals surface area contributed by atoms with Crippen molar-refractivity contribution in [1.82, 2.24) is 4.90 Å². The molecule has 2 aromatic carbocycles. The zero-order valence-electron chi connectivity index (χ0n) is 15.3. The number of halogens is 3. The molecule has 0 unspecified atom stereocenters. The molecule has 1 aliphatic heterocycles. The maximum atomic E-state index is 13.2. The van der Waals surface area contributed by atoms with Crippen molar-refractivity contribution >= 4 is 29.0 Å². The van der Waals surface area contributed by atoms with Crippen LogP contribution in [-0.4, -0.2) is 16.0 Å². The summed E-state index contributed by atoms with van der Waals surface area (Å²) in [7, 11) is 0. The molecule has 0 aliphatic carbocycles. The molecule has 8 heteroatoms. The first-order valence-corrected chi connectivity index (χ1v) is 9.70. The Morgan fingerprint density at radius 1 is 0.933 bits per heavy atom. The molecule has 0 saturated carbocycles. The molecule has 0 radical (unpaired) electrons. The number of carbonyl (C=O) groups excluding carboxylic acids is 2. The third kappa shape index (κ3) is 4.04. The topological polar surface area (TPSA) is 50.5 Å². The van der Waals surface area contributed by atoms with Crippen LogP contribution in [-0.2, 0) is 17.5 Å². The fourth-order valence-corrected chi connectivity index (χ4v) is 3.87. The lowest BCUT2D eigenvalue weighted by Gasteiger charge is -2.12.